The summed E-state index contributed by atoms with van der Waals surface area (Å²) in [6, 6.07) is 11.7. The van der Waals surface area contributed by atoms with Crippen molar-refractivity contribution in [2.24, 2.45) is 5.92 Å². The van der Waals surface area contributed by atoms with Gasteiger partial charge >= 0.3 is 5.97 Å². The molecule has 5 rings (SSSR count). The Hall–Kier alpha value is -3.85. The van der Waals surface area contributed by atoms with Crippen LogP contribution >= 0.6 is 0 Å². The molecule has 1 aromatic heterocycles. The lowest BCUT2D eigenvalue weighted by Crippen LogP contribution is -2.33. The Labute approximate surface area is 190 Å². The second-order valence-corrected chi connectivity index (χ2v) is 8.15. The molecule has 2 heterocycles. The van der Waals surface area contributed by atoms with E-state index >= 15 is 0 Å². The Morgan fingerprint density at radius 3 is 2.85 bits per heavy atom. The molecule has 0 radical (unpaired) electrons. The van der Waals surface area contributed by atoms with Gasteiger partial charge in [0.15, 0.2) is 11.6 Å². The van der Waals surface area contributed by atoms with Crippen LogP contribution in [0.5, 0.6) is 5.75 Å². The SMILES string of the molecule is CCOC(=O)c1cnn(-c2cccc(-c3cccc(O)c3F)c2)c1C1CC1C1=CN(C)NN1. The summed E-state index contributed by atoms with van der Waals surface area (Å²) < 4.78 is 21.5. The van der Waals surface area contributed by atoms with Crippen molar-refractivity contribution in [3.05, 3.63) is 77.6 Å². The lowest BCUT2D eigenvalue weighted by Gasteiger charge is -2.12. The van der Waals surface area contributed by atoms with Gasteiger partial charge in [-0.2, -0.15) is 5.10 Å². The predicted molar refractivity (Wildman–Crippen MR) is 120 cm³/mol. The second kappa shape index (κ2) is 8.25. The topological polar surface area (TPSA) is 91.6 Å². The third-order valence-corrected chi connectivity index (χ3v) is 5.93. The molecule has 33 heavy (non-hydrogen) atoms. The first-order valence-electron chi connectivity index (χ1n) is 10.8. The van der Waals surface area contributed by atoms with Gasteiger partial charge in [0.05, 0.1) is 24.2 Å². The molecule has 1 saturated carbocycles. The predicted octanol–water partition coefficient (Wildman–Crippen LogP) is 3.46. The number of nitrogens with one attached hydrogen (secondary N) is 2. The Balaban J connectivity index is 1.56. The highest BCUT2D eigenvalue weighted by molar-refractivity contribution is 5.91. The molecule has 2 aromatic carbocycles. The van der Waals surface area contributed by atoms with E-state index in [0.29, 0.717) is 16.8 Å². The van der Waals surface area contributed by atoms with Crippen molar-refractivity contribution in [1.29, 1.82) is 0 Å². The highest BCUT2D eigenvalue weighted by Gasteiger charge is 2.46. The van der Waals surface area contributed by atoms with E-state index in [0.717, 1.165) is 17.8 Å². The van der Waals surface area contributed by atoms with E-state index in [1.54, 1.807) is 41.9 Å². The third kappa shape index (κ3) is 3.80. The minimum Gasteiger partial charge on any atom is -0.505 e. The molecule has 3 aromatic rings. The van der Waals surface area contributed by atoms with Gasteiger partial charge in [0.1, 0.15) is 5.56 Å². The summed E-state index contributed by atoms with van der Waals surface area (Å²) in [6.45, 7) is 2.04. The van der Waals surface area contributed by atoms with Crippen LogP contribution in [0.3, 0.4) is 0 Å². The van der Waals surface area contributed by atoms with E-state index in [1.165, 1.54) is 12.3 Å². The van der Waals surface area contributed by atoms with Crippen LogP contribution in [0.15, 0.2) is 60.6 Å². The lowest BCUT2D eigenvalue weighted by molar-refractivity contribution is 0.0525. The maximum Gasteiger partial charge on any atom is 0.341 e. The van der Waals surface area contributed by atoms with Crippen molar-refractivity contribution < 1.29 is 19.0 Å². The van der Waals surface area contributed by atoms with Crippen molar-refractivity contribution in [2.45, 2.75) is 19.3 Å². The zero-order valence-electron chi connectivity index (χ0n) is 18.2. The number of aromatic hydroxyl groups is 1. The molecule has 170 valence electrons. The van der Waals surface area contributed by atoms with Gasteiger partial charge < -0.3 is 15.3 Å². The number of benzene rings is 2. The number of phenols is 1. The van der Waals surface area contributed by atoms with Crippen LogP contribution in [0.2, 0.25) is 0 Å². The van der Waals surface area contributed by atoms with Gasteiger partial charge in [0.2, 0.25) is 0 Å². The highest BCUT2D eigenvalue weighted by Crippen LogP contribution is 2.52. The number of aromatic nitrogens is 2. The average molecular weight is 449 g/mol. The van der Waals surface area contributed by atoms with Crippen LogP contribution in [-0.4, -0.2) is 39.5 Å². The van der Waals surface area contributed by atoms with Crippen LogP contribution in [-0.2, 0) is 4.74 Å². The van der Waals surface area contributed by atoms with Crippen LogP contribution in [0.1, 0.15) is 35.3 Å². The fourth-order valence-corrected chi connectivity index (χ4v) is 4.29. The summed E-state index contributed by atoms with van der Waals surface area (Å²) in [7, 11) is 1.90. The van der Waals surface area contributed by atoms with Gasteiger partial charge in [0, 0.05) is 36.3 Å². The first-order valence-corrected chi connectivity index (χ1v) is 10.8. The zero-order valence-corrected chi connectivity index (χ0v) is 18.2. The van der Waals surface area contributed by atoms with Gasteiger partial charge in [-0.1, -0.05) is 24.3 Å². The number of ether oxygens (including phenoxy) is 1. The number of hydrogen-bond donors (Lipinski definition) is 3. The quantitative estimate of drug-likeness (QED) is 0.497. The number of allylic oxidation sites excluding steroid dienone is 1. The normalized spacial score (nSPS) is 19.2. The van der Waals surface area contributed by atoms with Gasteiger partial charge in [-0.15, -0.1) is 5.53 Å². The maximum absolute atomic E-state index is 14.5. The van der Waals surface area contributed by atoms with E-state index in [4.69, 9.17) is 4.74 Å². The minimum atomic E-state index is -0.680. The van der Waals surface area contributed by atoms with E-state index in [2.05, 4.69) is 16.1 Å². The van der Waals surface area contributed by atoms with Gasteiger partial charge in [-0.25, -0.2) is 13.9 Å². The molecule has 1 fully saturated rings. The molecular weight excluding hydrogens is 425 g/mol. The van der Waals surface area contributed by atoms with E-state index in [-0.39, 0.29) is 24.0 Å². The number of esters is 1. The summed E-state index contributed by atoms with van der Waals surface area (Å²) in [5, 5.41) is 16.1. The molecule has 0 amide bonds. The van der Waals surface area contributed by atoms with Crippen molar-refractivity contribution in [2.75, 3.05) is 13.7 Å². The second-order valence-electron chi connectivity index (χ2n) is 8.15. The number of phenolic OH excluding ortho intramolecular Hbond substituents is 1. The van der Waals surface area contributed by atoms with Crippen LogP contribution in [0.25, 0.3) is 16.8 Å². The van der Waals surface area contributed by atoms with E-state index in [1.807, 2.05) is 24.3 Å². The standard InChI is InChI=1S/C24H24FN5O3/c1-3-33-24(32)19-12-26-30(23(19)18-11-17(18)20-13-29(2)28-27-20)15-7-4-6-14(10-15)16-8-5-9-21(31)22(16)25/h4-10,12-13,17-18,27-28,31H,3,11H2,1-2H3. The molecule has 2 unspecified atom stereocenters. The van der Waals surface area contributed by atoms with Gasteiger partial charge in [-0.05, 0) is 37.1 Å². The molecule has 0 saturated heterocycles. The van der Waals surface area contributed by atoms with Crippen molar-refractivity contribution in [3.8, 4) is 22.6 Å². The smallest absolute Gasteiger partial charge is 0.341 e. The summed E-state index contributed by atoms with van der Waals surface area (Å²) in [5.74, 6) is -1.22. The molecule has 2 aliphatic rings. The highest BCUT2D eigenvalue weighted by atomic mass is 19.1. The maximum atomic E-state index is 14.5. The Morgan fingerprint density at radius 1 is 1.27 bits per heavy atom. The van der Waals surface area contributed by atoms with Crippen LogP contribution < -0.4 is 11.0 Å². The summed E-state index contributed by atoms with van der Waals surface area (Å²) >= 11 is 0. The Kier molecular flexibility index (Phi) is 5.26. The first-order chi connectivity index (χ1) is 16.0. The Morgan fingerprint density at radius 2 is 2.09 bits per heavy atom. The fourth-order valence-electron chi connectivity index (χ4n) is 4.29. The number of halogens is 1. The van der Waals surface area contributed by atoms with Crippen molar-refractivity contribution in [3.63, 3.8) is 0 Å². The summed E-state index contributed by atoms with van der Waals surface area (Å²) in [5.41, 5.74) is 9.99. The van der Waals surface area contributed by atoms with Crippen molar-refractivity contribution in [1.82, 2.24) is 25.7 Å². The average Bonchev–Trinajstić information content (AvgIpc) is 3.26. The molecule has 2 atom stereocenters. The monoisotopic (exact) mass is 449 g/mol. The lowest BCUT2D eigenvalue weighted by atomic mass is 10.0. The summed E-state index contributed by atoms with van der Waals surface area (Å²) in [4.78, 5) is 12.7. The molecule has 8 nitrogen and oxygen atoms in total. The number of hydrogen-bond acceptors (Lipinski definition) is 7. The van der Waals surface area contributed by atoms with E-state index < -0.39 is 17.5 Å². The van der Waals surface area contributed by atoms with Crippen LogP contribution in [0.4, 0.5) is 4.39 Å². The number of nitrogens with zero attached hydrogens (tertiary/aromatic N) is 3. The Bertz CT molecular complexity index is 1250. The number of rotatable bonds is 6. The number of carbonyl (C=O) groups excluding carboxylic acids is 1. The van der Waals surface area contributed by atoms with E-state index in [9.17, 15) is 14.3 Å². The molecule has 1 aliphatic carbocycles. The summed E-state index contributed by atoms with van der Waals surface area (Å²) in [6.07, 6.45) is 4.37. The molecule has 3 N–H and O–H groups in total. The minimum absolute atomic E-state index is 0.0696. The first kappa shape index (κ1) is 21.0. The fraction of sp³-hybridized carbons (Fsp3) is 0.250. The van der Waals surface area contributed by atoms with Crippen molar-refractivity contribution >= 4 is 5.97 Å². The molecule has 1 aliphatic heterocycles. The number of hydrazine groups is 2. The molecule has 0 bridgehead atoms. The largest absolute Gasteiger partial charge is 0.505 e. The third-order valence-electron chi connectivity index (χ3n) is 5.93. The van der Waals surface area contributed by atoms with Gasteiger partial charge in [-0.3, -0.25) is 5.01 Å². The zero-order chi connectivity index (χ0) is 23.1. The van der Waals surface area contributed by atoms with Gasteiger partial charge in [0.25, 0.3) is 0 Å². The molecule has 9 heteroatoms. The number of carbonyl (C=O) groups is 1. The molecule has 0 spiro atoms. The molecular formula is C24H24FN5O3. The van der Waals surface area contributed by atoms with Crippen LogP contribution in [0, 0.1) is 11.7 Å².